The maximum Gasteiger partial charge on any atom is 0.290 e. The summed E-state index contributed by atoms with van der Waals surface area (Å²) in [6.07, 6.45) is 6.43. The Kier molecular flexibility index (Phi) is 6.84. The molecule has 0 spiro atoms. The summed E-state index contributed by atoms with van der Waals surface area (Å²) in [5.74, 6) is 1.49. The minimum absolute atomic E-state index is 0.241. The average molecular weight is 433 g/mol. The van der Waals surface area contributed by atoms with Crippen LogP contribution in [0.15, 0.2) is 60.8 Å². The van der Waals surface area contributed by atoms with Gasteiger partial charge in [-0.15, -0.1) is 0 Å². The Balaban J connectivity index is 1.32. The highest BCUT2D eigenvalue weighted by Gasteiger charge is 2.38. The second kappa shape index (κ2) is 10.1. The van der Waals surface area contributed by atoms with Crippen LogP contribution in [0.4, 0.5) is 0 Å². The summed E-state index contributed by atoms with van der Waals surface area (Å²) < 4.78 is 11.1. The zero-order chi connectivity index (χ0) is 22.3. The molecular weight excluding hydrogens is 406 g/mol. The number of nitrogens with zero attached hydrogens (tertiary/aromatic N) is 2. The summed E-state index contributed by atoms with van der Waals surface area (Å²) >= 11 is 0. The summed E-state index contributed by atoms with van der Waals surface area (Å²) in [5.41, 5.74) is 2.12. The quantitative estimate of drug-likeness (QED) is 0.561. The number of imidazole rings is 1. The first-order valence-corrected chi connectivity index (χ1v) is 10.7. The minimum atomic E-state index is -0.639. The standard InChI is InChI=1S/C25H26N3O4/c1-31-21-12-10-18(11-13-21)6-5-7-19-15-26-24(27-19)25(30)28-16-23(14-20(28)17-29)32-22-8-3-2-4-9-22/h2-4,8-13,15,20,23H,5-7,14,16H2,1H3,(H,26,27)/t20-,23+/m0/s1. The van der Waals surface area contributed by atoms with Gasteiger partial charge in [-0.1, -0.05) is 30.3 Å². The molecule has 1 radical (unpaired) electrons. The molecule has 3 aromatic rings. The number of carbonyl (C=O) groups is 1. The van der Waals surface area contributed by atoms with E-state index in [-0.39, 0.29) is 17.8 Å². The first-order chi connectivity index (χ1) is 15.7. The molecule has 0 unspecified atom stereocenters. The number of amides is 1. The molecule has 1 aliphatic rings. The van der Waals surface area contributed by atoms with Crippen LogP contribution in [0.5, 0.6) is 11.5 Å². The Labute approximate surface area is 187 Å². The summed E-state index contributed by atoms with van der Waals surface area (Å²) in [7, 11) is 1.65. The number of likely N-dealkylation sites (tertiary alicyclic amines) is 1. The number of ether oxygens (including phenoxy) is 2. The predicted molar refractivity (Wildman–Crippen MR) is 120 cm³/mol. The Morgan fingerprint density at radius 1 is 1.12 bits per heavy atom. The van der Waals surface area contributed by atoms with E-state index in [1.807, 2.05) is 48.8 Å². The first-order valence-electron chi connectivity index (χ1n) is 10.7. The van der Waals surface area contributed by atoms with E-state index in [4.69, 9.17) is 9.47 Å². The molecule has 2 heterocycles. The summed E-state index contributed by atoms with van der Waals surface area (Å²) in [6.45, 7) is 0.321. The third-order valence-corrected chi connectivity index (χ3v) is 5.61. The summed E-state index contributed by atoms with van der Waals surface area (Å²) in [5, 5.41) is 0. The van der Waals surface area contributed by atoms with Crippen molar-refractivity contribution in [3.8, 4) is 11.5 Å². The molecule has 2 atom stereocenters. The molecule has 1 saturated heterocycles. The number of aromatic nitrogens is 2. The van der Waals surface area contributed by atoms with E-state index in [0.717, 1.165) is 30.7 Å². The maximum absolute atomic E-state index is 13.0. The van der Waals surface area contributed by atoms with E-state index in [9.17, 15) is 9.59 Å². The lowest BCUT2D eigenvalue weighted by Gasteiger charge is -2.18. The highest BCUT2D eigenvalue weighted by molar-refractivity contribution is 5.92. The van der Waals surface area contributed by atoms with Crippen molar-refractivity contribution in [3.05, 3.63) is 77.9 Å². The van der Waals surface area contributed by atoms with Crippen LogP contribution in [0.25, 0.3) is 0 Å². The summed E-state index contributed by atoms with van der Waals surface area (Å²) in [4.78, 5) is 33.3. The third-order valence-electron chi connectivity index (χ3n) is 5.61. The lowest BCUT2D eigenvalue weighted by atomic mass is 10.1. The van der Waals surface area contributed by atoms with E-state index < -0.39 is 6.04 Å². The fraction of sp³-hybridized carbons (Fsp3) is 0.320. The van der Waals surface area contributed by atoms with E-state index in [1.165, 1.54) is 10.5 Å². The second-order valence-corrected chi connectivity index (χ2v) is 7.84. The van der Waals surface area contributed by atoms with Crippen LogP contribution in [-0.4, -0.2) is 52.9 Å². The van der Waals surface area contributed by atoms with Gasteiger partial charge in [0.15, 0.2) is 5.82 Å². The van der Waals surface area contributed by atoms with Gasteiger partial charge < -0.3 is 19.4 Å². The van der Waals surface area contributed by atoms with Crippen molar-refractivity contribution < 1.29 is 19.1 Å². The number of hydrogen-bond acceptors (Lipinski definition) is 5. The van der Waals surface area contributed by atoms with E-state index in [2.05, 4.69) is 22.1 Å². The van der Waals surface area contributed by atoms with Crippen LogP contribution in [-0.2, 0) is 17.6 Å². The Bertz CT molecular complexity index is 1030. The molecule has 1 fully saturated rings. The molecule has 7 heteroatoms. The van der Waals surface area contributed by atoms with Crippen LogP contribution in [0.1, 0.15) is 34.7 Å². The smallest absolute Gasteiger partial charge is 0.290 e. The lowest BCUT2D eigenvalue weighted by molar-refractivity contribution is 0.0739. The zero-order valence-electron chi connectivity index (χ0n) is 18.0. The molecule has 1 aliphatic heterocycles. The number of rotatable bonds is 9. The fourth-order valence-electron chi connectivity index (χ4n) is 3.92. The molecule has 1 amide bonds. The lowest BCUT2D eigenvalue weighted by Crippen LogP contribution is -2.37. The molecule has 165 valence electrons. The molecule has 0 saturated carbocycles. The topological polar surface area (TPSA) is 84.5 Å². The van der Waals surface area contributed by atoms with Gasteiger partial charge in [-0.3, -0.25) is 9.59 Å². The van der Waals surface area contributed by atoms with Gasteiger partial charge in [0.05, 0.1) is 13.7 Å². The van der Waals surface area contributed by atoms with E-state index in [1.54, 1.807) is 13.3 Å². The average Bonchev–Trinajstić information content (AvgIpc) is 3.47. The molecule has 4 rings (SSSR count). The molecule has 2 aromatic carbocycles. The number of nitrogens with one attached hydrogen (secondary N) is 1. The largest absolute Gasteiger partial charge is 0.497 e. The third kappa shape index (κ3) is 5.17. The molecule has 1 N–H and O–H groups in total. The molecular formula is C25H26N3O4. The Morgan fingerprint density at radius 3 is 2.62 bits per heavy atom. The van der Waals surface area contributed by atoms with E-state index in [0.29, 0.717) is 18.7 Å². The van der Waals surface area contributed by atoms with Gasteiger partial charge in [0, 0.05) is 18.3 Å². The normalized spacial score (nSPS) is 17.8. The van der Waals surface area contributed by atoms with Gasteiger partial charge >= 0.3 is 0 Å². The highest BCUT2D eigenvalue weighted by atomic mass is 16.5. The van der Waals surface area contributed by atoms with Gasteiger partial charge in [-0.25, -0.2) is 4.98 Å². The highest BCUT2D eigenvalue weighted by Crippen LogP contribution is 2.23. The second-order valence-electron chi connectivity index (χ2n) is 7.84. The Morgan fingerprint density at radius 2 is 1.91 bits per heavy atom. The number of aromatic amines is 1. The number of carbonyl (C=O) groups excluding carboxylic acids is 2. The van der Waals surface area contributed by atoms with Crippen LogP contribution < -0.4 is 9.47 Å². The number of aryl methyl sites for hydroxylation is 2. The van der Waals surface area contributed by atoms with Gasteiger partial charge in [0.1, 0.15) is 23.6 Å². The van der Waals surface area contributed by atoms with Crippen molar-refractivity contribution in [2.45, 2.75) is 37.8 Å². The van der Waals surface area contributed by atoms with E-state index >= 15 is 0 Å². The van der Waals surface area contributed by atoms with Gasteiger partial charge in [0.2, 0.25) is 6.29 Å². The van der Waals surface area contributed by atoms with Crippen molar-refractivity contribution in [1.29, 1.82) is 0 Å². The monoisotopic (exact) mass is 432 g/mol. The van der Waals surface area contributed by atoms with Gasteiger partial charge in [0.25, 0.3) is 5.91 Å². The molecule has 0 bridgehead atoms. The van der Waals surface area contributed by atoms with Crippen LogP contribution in [0.2, 0.25) is 0 Å². The van der Waals surface area contributed by atoms with Gasteiger partial charge in [-0.2, -0.15) is 0 Å². The van der Waals surface area contributed by atoms with Crippen LogP contribution in [0.3, 0.4) is 0 Å². The first kappa shape index (κ1) is 21.6. The van der Waals surface area contributed by atoms with Crippen molar-refractivity contribution >= 4 is 12.2 Å². The van der Waals surface area contributed by atoms with Crippen molar-refractivity contribution in [2.24, 2.45) is 0 Å². The zero-order valence-corrected chi connectivity index (χ0v) is 18.0. The summed E-state index contributed by atoms with van der Waals surface area (Å²) in [6, 6.07) is 16.8. The van der Waals surface area contributed by atoms with Crippen molar-refractivity contribution in [3.63, 3.8) is 0 Å². The molecule has 32 heavy (non-hydrogen) atoms. The Hall–Kier alpha value is -3.61. The number of para-hydroxylation sites is 1. The maximum atomic E-state index is 13.0. The predicted octanol–water partition coefficient (Wildman–Crippen LogP) is 3.37. The van der Waals surface area contributed by atoms with Crippen LogP contribution >= 0.6 is 0 Å². The van der Waals surface area contributed by atoms with Gasteiger partial charge in [-0.05, 0) is 49.1 Å². The molecule has 1 aromatic heterocycles. The number of methoxy groups -OCH3 is 1. The fourth-order valence-corrected chi connectivity index (χ4v) is 3.92. The number of benzene rings is 2. The van der Waals surface area contributed by atoms with Crippen LogP contribution in [0, 0.1) is 0 Å². The van der Waals surface area contributed by atoms with Crippen molar-refractivity contribution in [1.82, 2.24) is 14.9 Å². The number of H-pyrrole nitrogens is 1. The molecule has 7 nitrogen and oxygen atoms in total. The minimum Gasteiger partial charge on any atom is -0.497 e. The molecule has 0 aliphatic carbocycles. The van der Waals surface area contributed by atoms with Crippen molar-refractivity contribution in [2.75, 3.05) is 13.7 Å². The SMILES string of the molecule is COc1ccc(CCCc2cnc(C(=O)N3C[C@H](Oc4ccccc4)C[C@H]3[C]=O)[nH]2)cc1. The number of hydrogen-bond donors (Lipinski definition) is 1.